The standard InChI is InChI=1S/C11H7NO4/c13-10(14)6-1-2-7-4-12-5-9(11(15)16)8(7)3-6/h1-5H,(H,13,14)(H,15,16). The second-order valence-electron chi connectivity index (χ2n) is 3.23. The van der Waals surface area contributed by atoms with Gasteiger partial charge in [-0.3, -0.25) is 4.98 Å². The zero-order valence-electron chi connectivity index (χ0n) is 8.04. The van der Waals surface area contributed by atoms with Crippen LogP contribution in [0, 0.1) is 0 Å². The van der Waals surface area contributed by atoms with Crippen molar-refractivity contribution in [1.29, 1.82) is 0 Å². The topological polar surface area (TPSA) is 87.5 Å². The number of carboxylic acid groups (broad SMARTS) is 2. The van der Waals surface area contributed by atoms with Crippen LogP contribution in [0.15, 0.2) is 30.6 Å². The molecule has 0 fully saturated rings. The molecule has 0 aliphatic rings. The highest BCUT2D eigenvalue weighted by molar-refractivity contribution is 6.05. The molecule has 0 saturated heterocycles. The van der Waals surface area contributed by atoms with Crippen LogP contribution in [0.3, 0.4) is 0 Å². The summed E-state index contributed by atoms with van der Waals surface area (Å²) in [5.74, 6) is -2.21. The van der Waals surface area contributed by atoms with E-state index in [1.165, 1.54) is 30.6 Å². The zero-order chi connectivity index (χ0) is 11.7. The minimum absolute atomic E-state index is 0.000556. The van der Waals surface area contributed by atoms with Gasteiger partial charge >= 0.3 is 11.9 Å². The summed E-state index contributed by atoms with van der Waals surface area (Å²) in [6.45, 7) is 0. The van der Waals surface area contributed by atoms with Gasteiger partial charge in [0, 0.05) is 23.2 Å². The van der Waals surface area contributed by atoms with E-state index in [-0.39, 0.29) is 11.1 Å². The summed E-state index contributed by atoms with van der Waals surface area (Å²) in [6.07, 6.45) is 2.70. The SMILES string of the molecule is O=C(O)c1ccc2cncc(C(=O)O)c2c1. The number of rotatable bonds is 2. The number of carboxylic acids is 2. The monoisotopic (exact) mass is 217 g/mol. The third-order valence-corrected chi connectivity index (χ3v) is 2.24. The van der Waals surface area contributed by atoms with Gasteiger partial charge in [0.15, 0.2) is 0 Å². The van der Waals surface area contributed by atoms with Crippen LogP contribution in [0.5, 0.6) is 0 Å². The Labute approximate surface area is 90.0 Å². The van der Waals surface area contributed by atoms with Gasteiger partial charge in [-0.05, 0) is 12.1 Å². The Morgan fingerprint density at radius 1 is 1.06 bits per heavy atom. The summed E-state index contributed by atoms with van der Waals surface area (Å²) in [4.78, 5) is 25.5. The van der Waals surface area contributed by atoms with E-state index in [9.17, 15) is 9.59 Å². The van der Waals surface area contributed by atoms with Crippen molar-refractivity contribution in [2.24, 2.45) is 0 Å². The van der Waals surface area contributed by atoms with Gasteiger partial charge in [0.25, 0.3) is 0 Å². The average molecular weight is 217 g/mol. The molecule has 1 heterocycles. The van der Waals surface area contributed by atoms with Gasteiger partial charge in [0.2, 0.25) is 0 Å². The van der Waals surface area contributed by atoms with E-state index < -0.39 is 11.9 Å². The van der Waals surface area contributed by atoms with Crippen molar-refractivity contribution in [3.8, 4) is 0 Å². The van der Waals surface area contributed by atoms with Crippen molar-refractivity contribution in [2.45, 2.75) is 0 Å². The summed E-state index contributed by atoms with van der Waals surface area (Å²) < 4.78 is 0. The third-order valence-electron chi connectivity index (χ3n) is 2.24. The Kier molecular flexibility index (Phi) is 2.28. The smallest absolute Gasteiger partial charge is 0.337 e. The first-order chi connectivity index (χ1) is 7.59. The molecular weight excluding hydrogens is 210 g/mol. The second kappa shape index (κ2) is 3.62. The fourth-order valence-corrected chi connectivity index (χ4v) is 1.47. The molecule has 1 aromatic carbocycles. The van der Waals surface area contributed by atoms with E-state index in [0.717, 1.165) is 0 Å². The summed E-state index contributed by atoms with van der Waals surface area (Å²) in [5, 5.41) is 18.7. The fraction of sp³-hybridized carbons (Fsp3) is 0. The van der Waals surface area contributed by atoms with Crippen molar-refractivity contribution in [2.75, 3.05) is 0 Å². The molecule has 0 atom stereocenters. The molecule has 16 heavy (non-hydrogen) atoms. The number of aromatic nitrogens is 1. The molecule has 0 aliphatic carbocycles. The van der Waals surface area contributed by atoms with Crippen LogP contribution < -0.4 is 0 Å². The molecule has 2 N–H and O–H groups in total. The van der Waals surface area contributed by atoms with Gasteiger partial charge in [-0.15, -0.1) is 0 Å². The van der Waals surface area contributed by atoms with E-state index in [1.54, 1.807) is 0 Å². The van der Waals surface area contributed by atoms with Gasteiger partial charge in [-0.25, -0.2) is 9.59 Å². The molecule has 0 aliphatic heterocycles. The molecule has 0 bridgehead atoms. The Hall–Kier alpha value is -2.43. The Bertz CT molecular complexity index is 592. The minimum atomic E-state index is -1.12. The number of pyridine rings is 1. The maximum absolute atomic E-state index is 10.9. The highest BCUT2D eigenvalue weighted by Crippen LogP contribution is 2.19. The number of nitrogens with zero attached hydrogens (tertiary/aromatic N) is 1. The number of aromatic carboxylic acids is 2. The second-order valence-corrected chi connectivity index (χ2v) is 3.23. The highest BCUT2D eigenvalue weighted by Gasteiger charge is 2.11. The van der Waals surface area contributed by atoms with E-state index in [0.29, 0.717) is 10.8 Å². The van der Waals surface area contributed by atoms with Gasteiger partial charge in [0.05, 0.1) is 11.1 Å². The van der Waals surface area contributed by atoms with Crippen molar-refractivity contribution in [3.05, 3.63) is 41.7 Å². The van der Waals surface area contributed by atoms with Crippen LogP contribution in [-0.4, -0.2) is 27.1 Å². The number of hydrogen-bond acceptors (Lipinski definition) is 3. The van der Waals surface area contributed by atoms with Crippen LogP contribution in [0.1, 0.15) is 20.7 Å². The predicted molar refractivity (Wildman–Crippen MR) is 55.7 cm³/mol. The molecule has 1 aromatic heterocycles. The number of carbonyl (C=O) groups is 2. The first-order valence-electron chi connectivity index (χ1n) is 4.44. The highest BCUT2D eigenvalue weighted by atomic mass is 16.4. The molecular formula is C11H7NO4. The van der Waals surface area contributed by atoms with E-state index in [4.69, 9.17) is 10.2 Å². The van der Waals surface area contributed by atoms with Crippen molar-refractivity contribution in [1.82, 2.24) is 4.98 Å². The molecule has 80 valence electrons. The molecule has 2 rings (SSSR count). The first-order valence-corrected chi connectivity index (χ1v) is 4.44. The molecule has 0 saturated carbocycles. The van der Waals surface area contributed by atoms with E-state index in [2.05, 4.69) is 4.98 Å². The fourth-order valence-electron chi connectivity index (χ4n) is 1.47. The lowest BCUT2D eigenvalue weighted by Crippen LogP contribution is -2.01. The largest absolute Gasteiger partial charge is 0.478 e. The zero-order valence-corrected chi connectivity index (χ0v) is 8.04. The predicted octanol–water partition coefficient (Wildman–Crippen LogP) is 1.63. The Morgan fingerprint density at radius 3 is 2.44 bits per heavy atom. The van der Waals surface area contributed by atoms with Crippen LogP contribution in [0.4, 0.5) is 0 Å². The summed E-state index contributed by atoms with van der Waals surface area (Å²) >= 11 is 0. The molecule has 2 aromatic rings. The van der Waals surface area contributed by atoms with E-state index in [1.807, 2.05) is 0 Å². The molecule has 0 spiro atoms. The van der Waals surface area contributed by atoms with Crippen LogP contribution in [-0.2, 0) is 0 Å². The van der Waals surface area contributed by atoms with Crippen molar-refractivity contribution < 1.29 is 19.8 Å². The lowest BCUT2D eigenvalue weighted by atomic mass is 10.0. The quantitative estimate of drug-likeness (QED) is 0.798. The number of hydrogen-bond donors (Lipinski definition) is 2. The third kappa shape index (κ3) is 1.58. The summed E-state index contributed by atoms with van der Waals surface area (Å²) in [6, 6.07) is 4.29. The van der Waals surface area contributed by atoms with Gasteiger partial charge < -0.3 is 10.2 Å². The minimum Gasteiger partial charge on any atom is -0.478 e. The van der Waals surface area contributed by atoms with Gasteiger partial charge in [-0.1, -0.05) is 6.07 Å². The van der Waals surface area contributed by atoms with Crippen LogP contribution in [0.25, 0.3) is 10.8 Å². The number of fused-ring (bicyclic) bond motifs is 1. The number of benzene rings is 1. The van der Waals surface area contributed by atoms with E-state index >= 15 is 0 Å². The van der Waals surface area contributed by atoms with Crippen molar-refractivity contribution in [3.63, 3.8) is 0 Å². The normalized spacial score (nSPS) is 10.2. The molecule has 0 amide bonds. The van der Waals surface area contributed by atoms with Gasteiger partial charge in [0.1, 0.15) is 0 Å². The summed E-state index contributed by atoms with van der Waals surface area (Å²) in [7, 11) is 0. The lowest BCUT2D eigenvalue weighted by Gasteiger charge is -2.02. The first kappa shape index (κ1) is 10.1. The lowest BCUT2D eigenvalue weighted by molar-refractivity contribution is 0.0685. The molecule has 0 unspecified atom stereocenters. The maximum atomic E-state index is 10.9. The average Bonchev–Trinajstić information content (AvgIpc) is 2.27. The molecule has 5 nitrogen and oxygen atoms in total. The summed E-state index contributed by atoms with van der Waals surface area (Å²) in [5.41, 5.74) is 0.0572. The maximum Gasteiger partial charge on any atom is 0.337 e. The van der Waals surface area contributed by atoms with Crippen LogP contribution in [0.2, 0.25) is 0 Å². The molecule has 5 heteroatoms. The Balaban J connectivity index is 2.78. The van der Waals surface area contributed by atoms with Crippen molar-refractivity contribution >= 4 is 22.7 Å². The van der Waals surface area contributed by atoms with Gasteiger partial charge in [-0.2, -0.15) is 0 Å². The van der Waals surface area contributed by atoms with Crippen LogP contribution >= 0.6 is 0 Å². The molecule has 0 radical (unpaired) electrons. The Morgan fingerprint density at radius 2 is 1.81 bits per heavy atom.